The first-order valence-electron chi connectivity index (χ1n) is 9.20. The number of carbonyl (C=O) groups excluding carboxylic acids is 1. The van der Waals surface area contributed by atoms with Gasteiger partial charge in [-0.15, -0.1) is 0 Å². The lowest BCUT2D eigenvalue weighted by molar-refractivity contribution is -0.115. The van der Waals surface area contributed by atoms with Gasteiger partial charge in [-0.1, -0.05) is 30.3 Å². The maximum absolute atomic E-state index is 11.8. The maximum Gasteiger partial charge on any atom is 0.194 e. The summed E-state index contributed by atoms with van der Waals surface area (Å²) in [4.78, 5) is 11.8. The number of carbonyl (C=O) groups is 1. The topological polar surface area (TPSA) is 81.8 Å². The first-order valence-corrected chi connectivity index (χ1v) is 9.20. The van der Waals surface area contributed by atoms with Crippen LogP contribution < -0.4 is 15.2 Å². The van der Waals surface area contributed by atoms with Crippen LogP contribution in [0.1, 0.15) is 40.2 Å². The van der Waals surface area contributed by atoms with E-state index in [-0.39, 0.29) is 23.7 Å². The maximum atomic E-state index is 11.8. The van der Waals surface area contributed by atoms with Crippen molar-refractivity contribution in [2.45, 2.75) is 46.3 Å². The normalized spacial score (nSPS) is 12.5. The SMILES string of the molecule is CC(=O)C(=Cc1ccccc1)Oc1ccc(OCC(C)O)cc1.CC(C)(C)N. The van der Waals surface area contributed by atoms with Gasteiger partial charge in [0.25, 0.3) is 0 Å². The fraction of sp³-hybridized carbons (Fsp3) is 0.348. The van der Waals surface area contributed by atoms with Gasteiger partial charge in [-0.2, -0.15) is 0 Å². The van der Waals surface area contributed by atoms with Crippen LogP contribution in [-0.4, -0.2) is 29.1 Å². The fourth-order valence-electron chi connectivity index (χ4n) is 1.85. The standard InChI is InChI=1S/C19H20O4.C4H11N/c1-14(20)13-22-17-8-10-18(11-9-17)23-19(15(2)21)12-16-6-4-3-5-7-16;1-4(2,3)5/h3-12,14,20H,13H2,1-2H3;5H2,1-3H3. The molecule has 0 aliphatic rings. The van der Waals surface area contributed by atoms with Crippen LogP contribution in [0.5, 0.6) is 11.5 Å². The molecular weight excluding hydrogens is 354 g/mol. The van der Waals surface area contributed by atoms with Crippen molar-refractivity contribution >= 4 is 11.9 Å². The number of hydrogen-bond acceptors (Lipinski definition) is 5. The molecule has 0 fully saturated rings. The molecule has 0 radical (unpaired) electrons. The third-order valence-electron chi connectivity index (χ3n) is 2.99. The van der Waals surface area contributed by atoms with E-state index in [1.807, 2.05) is 51.1 Å². The summed E-state index contributed by atoms with van der Waals surface area (Å²) < 4.78 is 11.1. The fourth-order valence-corrected chi connectivity index (χ4v) is 1.85. The summed E-state index contributed by atoms with van der Waals surface area (Å²) in [6.07, 6.45) is 1.18. The zero-order chi connectivity index (χ0) is 21.2. The molecule has 1 atom stereocenters. The van der Waals surface area contributed by atoms with E-state index in [0.717, 1.165) is 5.56 Å². The van der Waals surface area contributed by atoms with Crippen molar-refractivity contribution in [3.8, 4) is 11.5 Å². The highest BCUT2D eigenvalue weighted by molar-refractivity contribution is 5.96. The predicted octanol–water partition coefficient (Wildman–Crippen LogP) is 4.20. The monoisotopic (exact) mass is 385 g/mol. The molecule has 0 aliphatic heterocycles. The molecule has 0 heterocycles. The van der Waals surface area contributed by atoms with Crippen molar-refractivity contribution in [3.63, 3.8) is 0 Å². The Kier molecular flexibility index (Phi) is 9.42. The average Bonchev–Trinajstić information content (AvgIpc) is 2.60. The van der Waals surface area contributed by atoms with Crippen LogP contribution in [-0.2, 0) is 4.79 Å². The second-order valence-corrected chi connectivity index (χ2v) is 7.57. The van der Waals surface area contributed by atoms with E-state index in [4.69, 9.17) is 15.2 Å². The van der Waals surface area contributed by atoms with Crippen LogP contribution in [0.2, 0.25) is 0 Å². The smallest absolute Gasteiger partial charge is 0.194 e. The largest absolute Gasteiger partial charge is 0.491 e. The molecule has 1 unspecified atom stereocenters. The molecule has 2 aromatic carbocycles. The van der Waals surface area contributed by atoms with Gasteiger partial charge in [-0.05, 0) is 63.6 Å². The third-order valence-corrected chi connectivity index (χ3v) is 2.99. The second kappa shape index (κ2) is 11.3. The Balaban J connectivity index is 0.000000696. The van der Waals surface area contributed by atoms with Crippen molar-refractivity contribution in [3.05, 3.63) is 65.9 Å². The molecule has 0 saturated heterocycles. The molecule has 2 aromatic rings. The highest BCUT2D eigenvalue weighted by Crippen LogP contribution is 2.21. The van der Waals surface area contributed by atoms with Crippen LogP contribution >= 0.6 is 0 Å². The van der Waals surface area contributed by atoms with Gasteiger partial charge >= 0.3 is 0 Å². The molecule has 0 spiro atoms. The number of benzene rings is 2. The summed E-state index contributed by atoms with van der Waals surface area (Å²) in [5.41, 5.74) is 6.25. The quantitative estimate of drug-likeness (QED) is 0.551. The Bertz CT molecular complexity index is 738. The van der Waals surface area contributed by atoms with Crippen LogP contribution in [0.3, 0.4) is 0 Å². The van der Waals surface area contributed by atoms with E-state index in [2.05, 4.69) is 0 Å². The van der Waals surface area contributed by atoms with Crippen LogP contribution in [0.15, 0.2) is 60.4 Å². The first-order chi connectivity index (χ1) is 13.0. The molecule has 2 rings (SSSR count). The van der Waals surface area contributed by atoms with Gasteiger partial charge in [0.05, 0.1) is 6.10 Å². The Labute approximate surface area is 167 Å². The molecule has 5 nitrogen and oxygen atoms in total. The van der Waals surface area contributed by atoms with Crippen LogP contribution in [0, 0.1) is 0 Å². The molecule has 3 N–H and O–H groups in total. The van der Waals surface area contributed by atoms with Crippen LogP contribution in [0.25, 0.3) is 6.08 Å². The van der Waals surface area contributed by atoms with E-state index >= 15 is 0 Å². The molecule has 5 heteroatoms. The van der Waals surface area contributed by atoms with Crippen molar-refractivity contribution < 1.29 is 19.4 Å². The van der Waals surface area contributed by atoms with Gasteiger partial charge in [0.15, 0.2) is 11.5 Å². The summed E-state index contributed by atoms with van der Waals surface area (Å²) in [6, 6.07) is 16.4. The number of hydrogen-bond donors (Lipinski definition) is 2. The number of aliphatic hydroxyl groups excluding tert-OH is 1. The van der Waals surface area contributed by atoms with Gasteiger partial charge in [0.1, 0.15) is 18.1 Å². The molecule has 0 bridgehead atoms. The minimum absolute atomic E-state index is 0. The van der Waals surface area contributed by atoms with Crippen LogP contribution in [0.4, 0.5) is 0 Å². The zero-order valence-corrected chi connectivity index (χ0v) is 17.3. The molecule has 0 aromatic heterocycles. The van der Waals surface area contributed by atoms with Gasteiger partial charge in [-0.25, -0.2) is 0 Å². The van der Waals surface area contributed by atoms with Gasteiger partial charge in [0, 0.05) is 12.5 Å². The number of nitrogens with two attached hydrogens (primary N) is 1. The summed E-state index contributed by atoms with van der Waals surface area (Å²) in [7, 11) is 0. The summed E-state index contributed by atoms with van der Waals surface area (Å²) in [5.74, 6) is 1.30. The lowest BCUT2D eigenvalue weighted by Crippen LogP contribution is -2.26. The number of rotatable bonds is 7. The Morgan fingerprint density at radius 1 is 1.07 bits per heavy atom. The average molecular weight is 386 g/mol. The van der Waals surface area contributed by atoms with Crippen molar-refractivity contribution in [1.82, 2.24) is 0 Å². The number of allylic oxidation sites excluding steroid dienone is 1. The second-order valence-electron chi connectivity index (χ2n) is 7.57. The molecular formula is C23H31NO4. The Hall–Kier alpha value is -2.63. The molecule has 0 saturated carbocycles. The minimum Gasteiger partial charge on any atom is -0.491 e. The summed E-state index contributed by atoms with van der Waals surface area (Å²) >= 11 is 0. The summed E-state index contributed by atoms with van der Waals surface area (Å²) in [6.45, 7) is 9.25. The molecule has 28 heavy (non-hydrogen) atoms. The zero-order valence-electron chi connectivity index (χ0n) is 17.3. The van der Waals surface area contributed by atoms with E-state index in [0.29, 0.717) is 11.5 Å². The molecule has 0 amide bonds. The van der Waals surface area contributed by atoms with E-state index in [1.165, 1.54) is 6.92 Å². The van der Waals surface area contributed by atoms with Gasteiger partial charge in [-0.3, -0.25) is 4.79 Å². The predicted molar refractivity (Wildman–Crippen MR) is 113 cm³/mol. The van der Waals surface area contributed by atoms with Crippen molar-refractivity contribution in [2.24, 2.45) is 5.73 Å². The number of ketones is 1. The molecule has 152 valence electrons. The Morgan fingerprint density at radius 3 is 2.04 bits per heavy atom. The number of Topliss-reactive ketones (excluding diaryl/α,β-unsaturated/α-hetero) is 1. The van der Waals surface area contributed by atoms with Gasteiger partial charge < -0.3 is 20.3 Å². The number of aliphatic hydroxyl groups is 1. The lowest BCUT2D eigenvalue weighted by Gasteiger charge is -2.10. The number of ether oxygens (including phenoxy) is 2. The van der Waals surface area contributed by atoms with E-state index in [1.54, 1.807) is 37.3 Å². The highest BCUT2D eigenvalue weighted by Gasteiger charge is 2.08. The minimum atomic E-state index is -0.524. The molecule has 0 aliphatic carbocycles. The van der Waals surface area contributed by atoms with E-state index in [9.17, 15) is 9.90 Å². The van der Waals surface area contributed by atoms with E-state index < -0.39 is 6.10 Å². The van der Waals surface area contributed by atoms with Gasteiger partial charge in [0.2, 0.25) is 0 Å². The third kappa shape index (κ3) is 11.2. The van der Waals surface area contributed by atoms with Crippen molar-refractivity contribution in [2.75, 3.05) is 6.61 Å². The van der Waals surface area contributed by atoms with Crippen molar-refractivity contribution in [1.29, 1.82) is 0 Å². The first kappa shape index (κ1) is 23.4. The lowest BCUT2D eigenvalue weighted by atomic mass is 10.1. The summed E-state index contributed by atoms with van der Waals surface area (Å²) in [5, 5.41) is 9.19. The Morgan fingerprint density at radius 2 is 1.57 bits per heavy atom. The highest BCUT2D eigenvalue weighted by atomic mass is 16.5.